The molecular formula is C11H18N4O. The summed E-state index contributed by atoms with van der Waals surface area (Å²) in [4.78, 5) is 13.0. The lowest BCUT2D eigenvalue weighted by molar-refractivity contribution is -0.118. The Hall–Kier alpha value is -1.26. The van der Waals surface area contributed by atoms with E-state index < -0.39 is 0 Å². The molecule has 88 valence electrons. The van der Waals surface area contributed by atoms with Crippen LogP contribution in [0.2, 0.25) is 0 Å². The predicted molar refractivity (Wildman–Crippen MR) is 58.7 cm³/mol. The Bertz CT molecular complexity index is 355. The lowest BCUT2D eigenvalue weighted by atomic mass is 9.99. The summed E-state index contributed by atoms with van der Waals surface area (Å²) in [5, 5.41) is 11.5. The number of hydrogen-bond acceptors (Lipinski definition) is 4. The van der Waals surface area contributed by atoms with Crippen molar-refractivity contribution in [3.8, 4) is 0 Å². The van der Waals surface area contributed by atoms with Crippen molar-refractivity contribution in [2.24, 2.45) is 13.0 Å². The topological polar surface area (TPSA) is 60.7 Å². The Morgan fingerprint density at radius 2 is 2.19 bits per heavy atom. The molecular weight excluding hydrogens is 204 g/mol. The van der Waals surface area contributed by atoms with Crippen molar-refractivity contribution >= 4 is 5.78 Å². The second-order valence-electron chi connectivity index (χ2n) is 4.60. The Morgan fingerprint density at radius 1 is 1.44 bits per heavy atom. The summed E-state index contributed by atoms with van der Waals surface area (Å²) in [6, 6.07) is 0. The van der Waals surface area contributed by atoms with Crippen LogP contribution in [0.5, 0.6) is 0 Å². The Labute approximate surface area is 95.2 Å². The molecule has 0 aliphatic heterocycles. The molecule has 0 radical (unpaired) electrons. The molecule has 0 unspecified atom stereocenters. The van der Waals surface area contributed by atoms with Crippen molar-refractivity contribution in [3.63, 3.8) is 0 Å². The number of tetrazole rings is 1. The number of nitrogens with zero attached hydrogens (tertiary/aromatic N) is 4. The van der Waals surface area contributed by atoms with Crippen LogP contribution in [0, 0.1) is 5.92 Å². The summed E-state index contributed by atoms with van der Waals surface area (Å²) >= 11 is 0. The van der Waals surface area contributed by atoms with E-state index in [-0.39, 0.29) is 5.78 Å². The zero-order valence-corrected chi connectivity index (χ0v) is 9.72. The molecule has 0 spiro atoms. The monoisotopic (exact) mass is 222 g/mol. The minimum absolute atomic E-state index is 0.236. The Balaban J connectivity index is 1.71. The molecule has 0 aromatic carbocycles. The van der Waals surface area contributed by atoms with Crippen molar-refractivity contribution in [2.75, 3.05) is 0 Å². The number of hydrogen-bond donors (Lipinski definition) is 0. The van der Waals surface area contributed by atoms with Crippen molar-refractivity contribution < 1.29 is 4.79 Å². The number of aryl methyl sites for hydroxylation is 1. The first-order valence-corrected chi connectivity index (χ1v) is 5.98. The standard InChI is InChI=1S/C11H18N4O/c1-15-13-11(12-14-15)8-10(16)7-6-9-4-2-3-5-9/h9H,2-8H2,1H3. The van der Waals surface area contributed by atoms with Gasteiger partial charge in [-0.25, -0.2) is 0 Å². The maximum absolute atomic E-state index is 11.7. The smallest absolute Gasteiger partial charge is 0.182 e. The van der Waals surface area contributed by atoms with Crippen LogP contribution in [0.25, 0.3) is 0 Å². The highest BCUT2D eigenvalue weighted by Crippen LogP contribution is 2.28. The van der Waals surface area contributed by atoms with Gasteiger partial charge in [0.1, 0.15) is 5.78 Å². The lowest BCUT2D eigenvalue weighted by Crippen LogP contribution is -2.07. The second kappa shape index (κ2) is 5.18. The van der Waals surface area contributed by atoms with E-state index in [0.717, 1.165) is 12.3 Å². The number of Topliss-reactive ketones (excluding diaryl/α,β-unsaturated/α-hetero) is 1. The van der Waals surface area contributed by atoms with Gasteiger partial charge in [-0.15, -0.1) is 10.2 Å². The van der Waals surface area contributed by atoms with Gasteiger partial charge in [0.15, 0.2) is 5.82 Å². The molecule has 2 rings (SSSR count). The minimum Gasteiger partial charge on any atom is -0.299 e. The fourth-order valence-electron chi connectivity index (χ4n) is 2.32. The number of rotatable bonds is 5. The molecule has 0 amide bonds. The lowest BCUT2D eigenvalue weighted by Gasteiger charge is -2.06. The summed E-state index contributed by atoms with van der Waals surface area (Å²) in [5.74, 6) is 1.55. The highest BCUT2D eigenvalue weighted by Gasteiger charge is 2.16. The van der Waals surface area contributed by atoms with Gasteiger partial charge in [0.2, 0.25) is 0 Å². The van der Waals surface area contributed by atoms with Gasteiger partial charge in [0, 0.05) is 6.42 Å². The van der Waals surface area contributed by atoms with Crippen LogP contribution in [0.15, 0.2) is 0 Å². The minimum atomic E-state index is 0.236. The van der Waals surface area contributed by atoms with E-state index >= 15 is 0 Å². The average Bonchev–Trinajstić information content (AvgIpc) is 2.87. The summed E-state index contributed by atoms with van der Waals surface area (Å²) in [7, 11) is 1.71. The van der Waals surface area contributed by atoms with Gasteiger partial charge in [-0.3, -0.25) is 4.79 Å². The molecule has 16 heavy (non-hydrogen) atoms. The Kier molecular flexibility index (Phi) is 3.64. The maximum atomic E-state index is 11.7. The van der Waals surface area contributed by atoms with Gasteiger partial charge in [-0.05, 0) is 17.6 Å². The van der Waals surface area contributed by atoms with Gasteiger partial charge in [0.05, 0.1) is 13.5 Å². The third-order valence-electron chi connectivity index (χ3n) is 3.21. The molecule has 5 heteroatoms. The average molecular weight is 222 g/mol. The van der Waals surface area contributed by atoms with Crippen molar-refractivity contribution in [3.05, 3.63) is 5.82 Å². The fraction of sp³-hybridized carbons (Fsp3) is 0.818. The molecule has 0 atom stereocenters. The zero-order valence-electron chi connectivity index (χ0n) is 9.72. The van der Waals surface area contributed by atoms with Crippen molar-refractivity contribution in [2.45, 2.75) is 44.9 Å². The van der Waals surface area contributed by atoms with Crippen LogP contribution >= 0.6 is 0 Å². The highest BCUT2D eigenvalue weighted by molar-refractivity contribution is 5.79. The van der Waals surface area contributed by atoms with Gasteiger partial charge >= 0.3 is 0 Å². The molecule has 1 aromatic rings. The quantitative estimate of drug-likeness (QED) is 0.753. The molecule has 1 aliphatic rings. The SMILES string of the molecule is Cn1nnc(CC(=O)CCC2CCCC2)n1. The number of ketones is 1. The fourth-order valence-corrected chi connectivity index (χ4v) is 2.32. The van der Waals surface area contributed by atoms with Gasteiger partial charge in [-0.2, -0.15) is 4.80 Å². The Morgan fingerprint density at radius 3 is 2.81 bits per heavy atom. The predicted octanol–water partition coefficient (Wildman–Crippen LogP) is 1.29. The molecule has 1 heterocycles. The first kappa shape index (κ1) is 11.2. The summed E-state index contributed by atoms with van der Waals surface area (Å²) in [5.41, 5.74) is 0. The number of aromatic nitrogens is 4. The van der Waals surface area contributed by atoms with Crippen LogP contribution in [-0.4, -0.2) is 26.0 Å². The molecule has 0 bridgehead atoms. The molecule has 0 N–H and O–H groups in total. The number of carbonyl (C=O) groups excluding carboxylic acids is 1. The van der Waals surface area contributed by atoms with Crippen molar-refractivity contribution in [1.29, 1.82) is 0 Å². The molecule has 1 saturated carbocycles. The van der Waals surface area contributed by atoms with E-state index in [0.29, 0.717) is 18.7 Å². The third kappa shape index (κ3) is 3.12. The van der Waals surface area contributed by atoms with Gasteiger partial charge < -0.3 is 0 Å². The van der Waals surface area contributed by atoms with Crippen LogP contribution in [0.4, 0.5) is 0 Å². The summed E-state index contributed by atoms with van der Waals surface area (Å²) in [6.45, 7) is 0. The molecule has 5 nitrogen and oxygen atoms in total. The summed E-state index contributed by atoms with van der Waals surface area (Å²) < 4.78 is 0. The highest BCUT2D eigenvalue weighted by atomic mass is 16.1. The normalized spacial score (nSPS) is 16.8. The zero-order chi connectivity index (χ0) is 11.4. The van der Waals surface area contributed by atoms with Crippen LogP contribution in [0.3, 0.4) is 0 Å². The van der Waals surface area contributed by atoms with E-state index in [1.807, 2.05) is 0 Å². The third-order valence-corrected chi connectivity index (χ3v) is 3.21. The van der Waals surface area contributed by atoms with Crippen LogP contribution in [0.1, 0.15) is 44.3 Å². The van der Waals surface area contributed by atoms with Gasteiger partial charge in [0.25, 0.3) is 0 Å². The molecule has 1 aromatic heterocycles. The van der Waals surface area contributed by atoms with E-state index in [9.17, 15) is 4.79 Å². The number of carbonyl (C=O) groups is 1. The summed E-state index contributed by atoms with van der Waals surface area (Å²) in [6.07, 6.45) is 7.32. The van der Waals surface area contributed by atoms with E-state index in [1.54, 1.807) is 7.05 Å². The van der Waals surface area contributed by atoms with E-state index in [2.05, 4.69) is 15.4 Å². The molecule has 1 aliphatic carbocycles. The maximum Gasteiger partial charge on any atom is 0.182 e. The van der Waals surface area contributed by atoms with E-state index in [1.165, 1.54) is 30.5 Å². The van der Waals surface area contributed by atoms with Crippen LogP contribution < -0.4 is 0 Å². The second-order valence-corrected chi connectivity index (χ2v) is 4.60. The van der Waals surface area contributed by atoms with Gasteiger partial charge in [-0.1, -0.05) is 25.7 Å². The molecule has 1 fully saturated rings. The first-order chi connectivity index (χ1) is 7.74. The molecule has 0 saturated heterocycles. The van der Waals surface area contributed by atoms with Crippen molar-refractivity contribution in [1.82, 2.24) is 20.2 Å². The van der Waals surface area contributed by atoms with E-state index in [4.69, 9.17) is 0 Å². The largest absolute Gasteiger partial charge is 0.299 e. The van der Waals surface area contributed by atoms with Crippen LogP contribution in [-0.2, 0) is 18.3 Å². The first-order valence-electron chi connectivity index (χ1n) is 5.98.